The highest BCUT2D eigenvalue weighted by molar-refractivity contribution is 5.86. The molecular weight excluding hydrogens is 238 g/mol. The highest BCUT2D eigenvalue weighted by Crippen LogP contribution is 1.90. The molecule has 3 heteroatoms. The normalized spacial score (nSPS) is 8.74. The molecule has 0 fully saturated rings. The second-order valence-electron chi connectivity index (χ2n) is 3.75. The molecule has 0 aromatic heterocycles. The molecule has 0 bridgehead atoms. The fourth-order valence-corrected chi connectivity index (χ4v) is 1.03. The van der Waals surface area contributed by atoms with Crippen LogP contribution >= 0.6 is 0 Å². The summed E-state index contributed by atoms with van der Waals surface area (Å²) in [6.07, 6.45) is 7.16. The topological polar surface area (TPSA) is 29.5 Å². The molecule has 0 unspecified atom stereocenters. The van der Waals surface area contributed by atoms with Gasteiger partial charge in [-0.25, -0.2) is 4.79 Å². The van der Waals surface area contributed by atoms with Gasteiger partial charge in [-0.1, -0.05) is 37.5 Å². The third-order valence-corrected chi connectivity index (χ3v) is 1.84. The van der Waals surface area contributed by atoms with Crippen LogP contribution in [0.3, 0.4) is 0 Å². The van der Waals surface area contributed by atoms with E-state index in [9.17, 15) is 4.79 Å². The van der Waals surface area contributed by atoms with E-state index in [-0.39, 0.29) is 12.6 Å². The Bertz CT molecular complexity index is 295. The molecule has 0 amide bonds. The van der Waals surface area contributed by atoms with E-state index in [0.717, 1.165) is 19.6 Å². The molecule has 0 rings (SSSR count). The molecule has 0 aliphatic rings. The van der Waals surface area contributed by atoms with Gasteiger partial charge in [-0.15, -0.1) is 19.7 Å². The van der Waals surface area contributed by atoms with Gasteiger partial charge >= 0.3 is 5.97 Å². The van der Waals surface area contributed by atoms with Crippen molar-refractivity contribution in [1.29, 1.82) is 0 Å². The Hall–Kier alpha value is -1.87. The first-order chi connectivity index (χ1) is 9.03. The van der Waals surface area contributed by atoms with Crippen molar-refractivity contribution >= 4 is 5.97 Å². The zero-order valence-corrected chi connectivity index (χ0v) is 11.9. The molecule has 0 N–H and O–H groups in total. The number of carbonyl (C=O) groups is 1. The van der Waals surface area contributed by atoms with Gasteiger partial charge in [-0.05, 0) is 6.92 Å². The number of hydrogen-bond acceptors (Lipinski definition) is 3. The second kappa shape index (κ2) is 14.2. The third kappa shape index (κ3) is 14.1. The monoisotopic (exact) mass is 263 g/mol. The molecule has 0 spiro atoms. The lowest BCUT2D eigenvalue weighted by Crippen LogP contribution is -2.23. The standard InChI is InChI=1S/C9H15N.C7H10O2/c1-4-7-10(8-5-2)9-6-3;1-4-5-9-7(8)6(2)3/h4-6H,1-3,7-9H2;4H,1-2,5H2,3H3. The van der Waals surface area contributed by atoms with Crippen molar-refractivity contribution in [3.05, 3.63) is 62.8 Å². The second-order valence-corrected chi connectivity index (χ2v) is 3.75. The summed E-state index contributed by atoms with van der Waals surface area (Å²) in [5.74, 6) is -0.366. The van der Waals surface area contributed by atoms with Gasteiger partial charge in [0, 0.05) is 25.2 Å². The molecular formula is C16H25NO2. The van der Waals surface area contributed by atoms with Crippen LogP contribution in [0.5, 0.6) is 0 Å². The maximum atomic E-state index is 10.5. The number of rotatable bonds is 9. The highest BCUT2D eigenvalue weighted by atomic mass is 16.5. The molecule has 0 saturated heterocycles. The van der Waals surface area contributed by atoms with E-state index in [2.05, 4.69) is 42.5 Å². The Labute approximate surface area is 117 Å². The maximum absolute atomic E-state index is 10.5. The molecule has 19 heavy (non-hydrogen) atoms. The SMILES string of the molecule is C=CCN(CC=C)CC=C.C=CCOC(=O)C(=C)C. The van der Waals surface area contributed by atoms with Gasteiger partial charge < -0.3 is 4.74 Å². The third-order valence-electron chi connectivity index (χ3n) is 1.84. The van der Waals surface area contributed by atoms with Gasteiger partial charge in [0.05, 0.1) is 0 Å². The average Bonchev–Trinajstić information content (AvgIpc) is 2.37. The fraction of sp³-hybridized carbons (Fsp3) is 0.312. The lowest BCUT2D eigenvalue weighted by molar-refractivity contribution is -0.137. The van der Waals surface area contributed by atoms with Gasteiger partial charge in [0.1, 0.15) is 6.61 Å². The van der Waals surface area contributed by atoms with Crippen LogP contribution < -0.4 is 0 Å². The van der Waals surface area contributed by atoms with E-state index >= 15 is 0 Å². The summed E-state index contributed by atoms with van der Waals surface area (Å²) < 4.78 is 4.60. The highest BCUT2D eigenvalue weighted by Gasteiger charge is 1.98. The quantitative estimate of drug-likeness (QED) is 0.363. The summed E-state index contributed by atoms with van der Waals surface area (Å²) in [5.41, 5.74) is 0.414. The predicted octanol–water partition coefficient (Wildman–Crippen LogP) is 3.14. The lowest BCUT2D eigenvalue weighted by atomic mass is 10.4. The lowest BCUT2D eigenvalue weighted by Gasteiger charge is -2.15. The average molecular weight is 263 g/mol. The number of ether oxygens (including phenoxy) is 1. The molecule has 0 heterocycles. The van der Waals surface area contributed by atoms with Crippen molar-refractivity contribution in [3.8, 4) is 0 Å². The zero-order chi connectivity index (χ0) is 15.1. The van der Waals surface area contributed by atoms with Crippen molar-refractivity contribution in [3.63, 3.8) is 0 Å². The van der Waals surface area contributed by atoms with Crippen molar-refractivity contribution in [1.82, 2.24) is 4.90 Å². The molecule has 0 aromatic carbocycles. The van der Waals surface area contributed by atoms with Crippen LogP contribution in [-0.4, -0.2) is 37.1 Å². The molecule has 0 atom stereocenters. The summed E-state index contributed by atoms with van der Waals surface area (Å²) in [7, 11) is 0. The Kier molecular flexibility index (Phi) is 14.5. The summed E-state index contributed by atoms with van der Waals surface area (Å²) in [6, 6.07) is 0. The van der Waals surface area contributed by atoms with E-state index in [1.165, 1.54) is 6.08 Å². The minimum Gasteiger partial charge on any atom is -0.458 e. The smallest absolute Gasteiger partial charge is 0.333 e. The molecule has 106 valence electrons. The van der Waals surface area contributed by atoms with E-state index in [1.807, 2.05) is 18.2 Å². The Morgan fingerprint density at radius 1 is 1.00 bits per heavy atom. The van der Waals surface area contributed by atoms with Crippen molar-refractivity contribution in [2.45, 2.75) is 6.92 Å². The molecule has 0 aliphatic heterocycles. The molecule has 0 saturated carbocycles. The number of carbonyl (C=O) groups excluding carboxylic acids is 1. The molecule has 3 nitrogen and oxygen atoms in total. The van der Waals surface area contributed by atoms with Crippen LogP contribution in [-0.2, 0) is 9.53 Å². The van der Waals surface area contributed by atoms with Crippen molar-refractivity contribution in [2.75, 3.05) is 26.2 Å². The van der Waals surface area contributed by atoms with Gasteiger partial charge in [0.15, 0.2) is 0 Å². The van der Waals surface area contributed by atoms with Gasteiger partial charge in [-0.2, -0.15) is 0 Å². The molecule has 0 radical (unpaired) electrons. The van der Waals surface area contributed by atoms with Gasteiger partial charge in [-0.3, -0.25) is 4.90 Å². The minimum atomic E-state index is -0.366. The van der Waals surface area contributed by atoms with E-state index in [4.69, 9.17) is 0 Å². The van der Waals surface area contributed by atoms with Crippen LogP contribution in [0.1, 0.15) is 6.92 Å². The fourth-order valence-electron chi connectivity index (χ4n) is 1.03. The Balaban J connectivity index is 0. The van der Waals surface area contributed by atoms with E-state index in [0.29, 0.717) is 5.57 Å². The van der Waals surface area contributed by atoms with E-state index in [1.54, 1.807) is 6.92 Å². The predicted molar refractivity (Wildman–Crippen MR) is 83.0 cm³/mol. The van der Waals surface area contributed by atoms with Crippen molar-refractivity contribution in [2.24, 2.45) is 0 Å². The molecule has 0 aromatic rings. The Morgan fingerprint density at radius 3 is 1.68 bits per heavy atom. The van der Waals surface area contributed by atoms with Crippen molar-refractivity contribution < 1.29 is 9.53 Å². The maximum Gasteiger partial charge on any atom is 0.333 e. The van der Waals surface area contributed by atoms with Gasteiger partial charge in [0.2, 0.25) is 0 Å². The summed E-state index contributed by atoms with van der Waals surface area (Å²) in [4.78, 5) is 12.7. The first-order valence-electron chi connectivity index (χ1n) is 6.02. The first kappa shape index (κ1) is 19.5. The summed E-state index contributed by atoms with van der Waals surface area (Å²) in [5, 5.41) is 0. The Morgan fingerprint density at radius 2 is 1.42 bits per heavy atom. The van der Waals surface area contributed by atoms with Gasteiger partial charge in [0.25, 0.3) is 0 Å². The van der Waals surface area contributed by atoms with Crippen LogP contribution in [0.15, 0.2) is 62.8 Å². The summed E-state index contributed by atoms with van der Waals surface area (Å²) >= 11 is 0. The summed E-state index contributed by atoms with van der Waals surface area (Å²) in [6.45, 7) is 22.3. The number of hydrogen-bond donors (Lipinski definition) is 0. The minimum absolute atomic E-state index is 0.256. The van der Waals surface area contributed by atoms with Crippen LogP contribution in [0.4, 0.5) is 0 Å². The first-order valence-corrected chi connectivity index (χ1v) is 6.02. The van der Waals surface area contributed by atoms with E-state index < -0.39 is 0 Å². The zero-order valence-electron chi connectivity index (χ0n) is 11.9. The van der Waals surface area contributed by atoms with Crippen LogP contribution in [0.25, 0.3) is 0 Å². The number of nitrogens with zero attached hydrogens (tertiary/aromatic N) is 1. The number of esters is 1. The van der Waals surface area contributed by atoms with Crippen LogP contribution in [0.2, 0.25) is 0 Å². The molecule has 0 aliphatic carbocycles. The van der Waals surface area contributed by atoms with Crippen LogP contribution in [0, 0.1) is 0 Å². The largest absolute Gasteiger partial charge is 0.458 e.